The van der Waals surface area contributed by atoms with Gasteiger partial charge in [0.15, 0.2) is 42.6 Å². The maximum atomic E-state index is 7.22. The number of nitrogens with two attached hydrogens (primary N) is 1. The van der Waals surface area contributed by atoms with Gasteiger partial charge in [0.1, 0.15) is 30.2 Å². The van der Waals surface area contributed by atoms with Gasteiger partial charge >= 0.3 is 0 Å². The summed E-state index contributed by atoms with van der Waals surface area (Å²) in [7, 11) is -6.52. The molecule has 4 atom stereocenters. The van der Waals surface area contributed by atoms with Gasteiger partial charge in [0.05, 0.1) is 12.9 Å². The Hall–Kier alpha value is -1.16. The molecule has 0 unspecified atom stereocenters. The lowest BCUT2D eigenvalue weighted by molar-refractivity contribution is -0.0470. The van der Waals surface area contributed by atoms with Crippen LogP contribution in [-0.2, 0) is 18.0 Å². The molecule has 1 aliphatic heterocycles. The molecule has 0 aromatic carbocycles. The van der Waals surface area contributed by atoms with Gasteiger partial charge < -0.3 is 23.7 Å². The number of nitrogen functional groups attached to an aromatic ring is 1. The number of nitrogens with zero attached hydrogens (tertiary/aromatic N) is 4. The van der Waals surface area contributed by atoms with Crippen molar-refractivity contribution in [3.05, 3.63) is 12.7 Å². The second-order valence-electron chi connectivity index (χ2n) is 15.9. The van der Waals surface area contributed by atoms with E-state index in [1.807, 2.05) is 4.57 Å². The molecule has 12 heteroatoms. The molecule has 40 heavy (non-hydrogen) atoms. The lowest BCUT2D eigenvalue weighted by Gasteiger charge is -2.44. The van der Waals surface area contributed by atoms with Crippen molar-refractivity contribution >= 4 is 41.9 Å². The van der Waals surface area contributed by atoms with E-state index < -0.39 is 31.2 Å². The lowest BCUT2D eigenvalue weighted by atomic mass is 10.1. The third-order valence-electron chi connectivity index (χ3n) is 9.84. The zero-order valence-electron chi connectivity index (χ0n) is 27.7. The van der Waals surface area contributed by atoms with E-state index in [1.165, 1.54) is 6.33 Å². The van der Waals surface area contributed by atoms with E-state index >= 15 is 0 Å². The fraction of sp³-hybridized carbons (Fsp3) is 0.821. The van der Waals surface area contributed by atoms with E-state index in [2.05, 4.69) is 117 Å². The van der Waals surface area contributed by atoms with Crippen LogP contribution in [0.5, 0.6) is 0 Å². The maximum Gasteiger partial charge on any atom is 0.192 e. The van der Waals surface area contributed by atoms with Crippen molar-refractivity contribution < 1.29 is 18.0 Å². The van der Waals surface area contributed by atoms with Gasteiger partial charge in [-0.3, -0.25) is 4.57 Å². The van der Waals surface area contributed by atoms with Crippen molar-refractivity contribution in [2.75, 3.05) is 12.3 Å². The second-order valence-corrected chi connectivity index (χ2v) is 30.2. The van der Waals surface area contributed by atoms with Crippen LogP contribution in [0.15, 0.2) is 12.7 Å². The number of anilines is 1. The quantitative estimate of drug-likeness (QED) is 0.316. The Kier molecular flexibility index (Phi) is 9.03. The summed E-state index contributed by atoms with van der Waals surface area (Å²) in [5, 5.41) is 0.0893. The van der Waals surface area contributed by atoms with Gasteiger partial charge in [0.25, 0.3) is 0 Å². The van der Waals surface area contributed by atoms with Gasteiger partial charge in [-0.25, -0.2) is 15.0 Å². The third kappa shape index (κ3) is 6.57. The van der Waals surface area contributed by atoms with Crippen molar-refractivity contribution in [2.24, 2.45) is 0 Å². The highest BCUT2D eigenvalue weighted by molar-refractivity contribution is 6.75. The molecule has 1 fully saturated rings. The first kappa shape index (κ1) is 33.3. The molecular weight excluding hydrogens is 555 g/mol. The monoisotopic (exact) mass is 609 g/mol. The zero-order chi connectivity index (χ0) is 30.7. The van der Waals surface area contributed by atoms with Gasteiger partial charge in [-0.1, -0.05) is 62.3 Å². The normalized spacial score (nSPS) is 23.8. The second kappa shape index (κ2) is 10.8. The molecule has 2 aromatic rings. The first-order chi connectivity index (χ1) is 17.9. The Morgan fingerprint density at radius 1 is 0.775 bits per heavy atom. The number of hydrogen-bond donors (Lipinski definition) is 1. The van der Waals surface area contributed by atoms with Crippen LogP contribution in [-0.4, -0.2) is 69.4 Å². The van der Waals surface area contributed by atoms with E-state index in [9.17, 15) is 0 Å². The van der Waals surface area contributed by atoms with Crippen LogP contribution < -0.4 is 5.73 Å². The molecule has 228 valence electrons. The van der Waals surface area contributed by atoms with Crippen molar-refractivity contribution in [3.8, 4) is 0 Å². The molecule has 1 aliphatic rings. The minimum Gasteiger partial charge on any atom is -0.414 e. The topological polar surface area (TPSA) is 107 Å². The van der Waals surface area contributed by atoms with Gasteiger partial charge in [-0.05, 0) is 54.4 Å². The molecule has 3 heterocycles. The van der Waals surface area contributed by atoms with E-state index in [1.54, 1.807) is 6.33 Å². The Labute approximate surface area is 245 Å². The molecule has 0 aliphatic carbocycles. The number of ether oxygens (including phenoxy) is 1. The highest BCUT2D eigenvalue weighted by atomic mass is 28.4. The van der Waals surface area contributed by atoms with E-state index in [4.69, 9.17) is 23.7 Å². The predicted octanol–water partition coefficient (Wildman–Crippen LogP) is 7.11. The Balaban J connectivity index is 2.15. The fourth-order valence-electron chi connectivity index (χ4n) is 3.93. The minimum atomic E-state index is -2.25. The Bertz CT molecular complexity index is 1180. The minimum absolute atomic E-state index is 0.00158. The van der Waals surface area contributed by atoms with Crippen LogP contribution in [0.2, 0.25) is 54.4 Å². The summed E-state index contributed by atoms with van der Waals surface area (Å²) in [5.41, 5.74) is 7.34. The number of aromatic nitrogens is 4. The van der Waals surface area contributed by atoms with Crippen molar-refractivity contribution in [3.63, 3.8) is 0 Å². The summed E-state index contributed by atoms with van der Waals surface area (Å²) in [6, 6.07) is 0. The smallest absolute Gasteiger partial charge is 0.192 e. The molecule has 1 saturated heterocycles. The predicted molar refractivity (Wildman–Crippen MR) is 171 cm³/mol. The van der Waals surface area contributed by atoms with Crippen LogP contribution in [0.25, 0.3) is 11.2 Å². The lowest BCUT2D eigenvalue weighted by Crippen LogP contribution is -2.54. The van der Waals surface area contributed by atoms with E-state index in [0.29, 0.717) is 23.6 Å². The standard InChI is InChI=1S/C28H55N5O4Si3/c1-26(2,3)38(10,11)34-16-19-21(36-39(12,13)27(4,5)6)22(37-40(14,15)28(7,8)9)25(35-19)33-18-32-20-23(29)30-17-31-24(20)33/h17-19,21-22,25H,16H2,1-15H3,(H2,29,30,31)/t19-,21+,22+,25-/m0/s1. The molecule has 0 spiro atoms. The molecule has 0 bridgehead atoms. The van der Waals surface area contributed by atoms with E-state index in [0.717, 1.165) is 0 Å². The highest BCUT2D eigenvalue weighted by Crippen LogP contribution is 2.47. The highest BCUT2D eigenvalue weighted by Gasteiger charge is 2.55. The van der Waals surface area contributed by atoms with Crippen LogP contribution in [0.3, 0.4) is 0 Å². The van der Waals surface area contributed by atoms with Crippen LogP contribution in [0, 0.1) is 0 Å². The van der Waals surface area contributed by atoms with Crippen molar-refractivity contribution in [2.45, 2.75) is 141 Å². The largest absolute Gasteiger partial charge is 0.414 e. The van der Waals surface area contributed by atoms with Gasteiger partial charge in [0.2, 0.25) is 0 Å². The third-order valence-corrected chi connectivity index (χ3v) is 23.3. The van der Waals surface area contributed by atoms with Crippen molar-refractivity contribution in [1.29, 1.82) is 0 Å². The summed E-state index contributed by atoms with van der Waals surface area (Å²) < 4.78 is 30.1. The molecule has 9 nitrogen and oxygen atoms in total. The average Bonchev–Trinajstić information content (AvgIpc) is 3.32. The average molecular weight is 610 g/mol. The molecule has 0 radical (unpaired) electrons. The number of hydrogen-bond acceptors (Lipinski definition) is 8. The number of fused-ring (bicyclic) bond motifs is 1. The summed E-state index contributed by atoms with van der Waals surface area (Å²) in [6.45, 7) is 34.4. The fourth-order valence-corrected chi connectivity index (χ4v) is 7.55. The molecule has 0 amide bonds. The molecular formula is C28H55N5O4Si3. The van der Waals surface area contributed by atoms with Crippen LogP contribution in [0.4, 0.5) is 5.82 Å². The molecule has 3 rings (SSSR count). The van der Waals surface area contributed by atoms with Crippen molar-refractivity contribution in [1.82, 2.24) is 19.5 Å². The maximum absolute atomic E-state index is 7.22. The van der Waals surface area contributed by atoms with Crippen LogP contribution >= 0.6 is 0 Å². The summed E-state index contributed by atoms with van der Waals surface area (Å²) in [5.74, 6) is 0.343. The number of imidazole rings is 1. The SMILES string of the molecule is CC(C)(C)[Si](C)(C)OC[C@@H]1O[C@H](n2cnc3c(N)ncnc32)[C@H](O[Si](C)(C)C(C)(C)C)[C@@H]1O[Si](C)(C)C(C)(C)C. The Morgan fingerprint density at radius 2 is 1.27 bits per heavy atom. The van der Waals surface area contributed by atoms with Crippen LogP contribution in [0.1, 0.15) is 68.5 Å². The molecule has 2 N–H and O–H groups in total. The van der Waals surface area contributed by atoms with Gasteiger partial charge in [-0.15, -0.1) is 0 Å². The Morgan fingerprint density at radius 3 is 1.77 bits per heavy atom. The summed E-state index contributed by atoms with van der Waals surface area (Å²) >= 11 is 0. The molecule has 2 aromatic heterocycles. The number of rotatable bonds is 8. The first-order valence-electron chi connectivity index (χ1n) is 14.5. The van der Waals surface area contributed by atoms with Gasteiger partial charge in [0, 0.05) is 0 Å². The molecule has 0 saturated carbocycles. The van der Waals surface area contributed by atoms with E-state index in [-0.39, 0.29) is 33.4 Å². The first-order valence-corrected chi connectivity index (χ1v) is 23.2. The van der Waals surface area contributed by atoms with Gasteiger partial charge in [-0.2, -0.15) is 0 Å². The summed E-state index contributed by atoms with van der Waals surface area (Å²) in [4.78, 5) is 13.2. The zero-order valence-corrected chi connectivity index (χ0v) is 30.7. The summed E-state index contributed by atoms with van der Waals surface area (Å²) in [6.07, 6.45) is 1.69.